The first-order valence-electron chi connectivity index (χ1n) is 5.42. The lowest BCUT2D eigenvalue weighted by molar-refractivity contribution is -0.148. The number of rotatable bonds is 5. The van der Waals surface area contributed by atoms with Crippen LogP contribution in [0, 0.1) is 0 Å². The van der Waals surface area contributed by atoms with Crippen molar-refractivity contribution in [3.63, 3.8) is 0 Å². The lowest BCUT2D eigenvalue weighted by Gasteiger charge is -2.29. The minimum Gasteiger partial charge on any atom is -0.480 e. The van der Waals surface area contributed by atoms with Gasteiger partial charge < -0.3 is 10.4 Å². The van der Waals surface area contributed by atoms with Gasteiger partial charge >= 0.3 is 5.97 Å². The first-order valence-corrected chi connectivity index (χ1v) is 6.57. The van der Waals surface area contributed by atoms with E-state index in [-0.39, 0.29) is 11.9 Å². The van der Waals surface area contributed by atoms with E-state index in [2.05, 4.69) is 10.6 Å². The lowest BCUT2D eigenvalue weighted by atomic mass is 9.92. The predicted octanol–water partition coefficient (Wildman–Crippen LogP) is 0.408. The summed E-state index contributed by atoms with van der Waals surface area (Å²) >= 11 is 1.64. The topological polar surface area (TPSA) is 78.4 Å². The fourth-order valence-electron chi connectivity index (χ4n) is 1.67. The lowest BCUT2D eigenvalue weighted by Crippen LogP contribution is -2.57. The van der Waals surface area contributed by atoms with E-state index in [9.17, 15) is 14.7 Å². The van der Waals surface area contributed by atoms with Crippen molar-refractivity contribution in [1.29, 1.82) is 0 Å². The molecular formula is C10H18N2O3S. The Morgan fingerprint density at radius 1 is 1.50 bits per heavy atom. The largest absolute Gasteiger partial charge is 0.480 e. The van der Waals surface area contributed by atoms with Crippen molar-refractivity contribution in [2.24, 2.45) is 0 Å². The van der Waals surface area contributed by atoms with E-state index in [4.69, 9.17) is 0 Å². The first-order chi connectivity index (χ1) is 7.55. The van der Waals surface area contributed by atoms with Crippen molar-refractivity contribution >= 4 is 23.6 Å². The van der Waals surface area contributed by atoms with Crippen LogP contribution in [0.15, 0.2) is 0 Å². The second-order valence-corrected chi connectivity index (χ2v) is 4.89. The summed E-state index contributed by atoms with van der Waals surface area (Å²) in [5, 5.41) is 14.9. The Morgan fingerprint density at radius 3 is 2.50 bits per heavy atom. The molecule has 0 aliphatic carbocycles. The molecule has 1 unspecified atom stereocenters. The summed E-state index contributed by atoms with van der Waals surface area (Å²) in [6, 6.07) is -0.262. The maximum Gasteiger partial charge on any atom is 0.329 e. The summed E-state index contributed by atoms with van der Waals surface area (Å²) in [6.45, 7) is 3.55. The van der Waals surface area contributed by atoms with Gasteiger partial charge in [-0.1, -0.05) is 13.8 Å². The Labute approximate surface area is 99.4 Å². The molecule has 1 atom stereocenters. The molecular weight excluding hydrogens is 228 g/mol. The van der Waals surface area contributed by atoms with Crippen molar-refractivity contribution in [1.82, 2.24) is 10.6 Å². The number of thioether (sulfide) groups is 1. The Balaban J connectivity index is 2.67. The summed E-state index contributed by atoms with van der Waals surface area (Å²) in [6.07, 6.45) is 0.787. The van der Waals surface area contributed by atoms with Gasteiger partial charge in [-0.3, -0.25) is 10.1 Å². The molecule has 1 amide bonds. The van der Waals surface area contributed by atoms with Crippen molar-refractivity contribution in [3.05, 3.63) is 0 Å². The van der Waals surface area contributed by atoms with Gasteiger partial charge in [-0.05, 0) is 12.8 Å². The average Bonchev–Trinajstić information content (AvgIpc) is 2.78. The second kappa shape index (κ2) is 5.54. The molecule has 92 valence electrons. The van der Waals surface area contributed by atoms with Crippen LogP contribution in [0.1, 0.15) is 26.7 Å². The molecule has 0 saturated carbocycles. The molecule has 1 fully saturated rings. The Kier molecular flexibility index (Phi) is 4.61. The number of carbonyl (C=O) groups excluding carboxylic acids is 1. The Hall–Kier alpha value is -0.750. The van der Waals surface area contributed by atoms with Crippen LogP contribution >= 0.6 is 11.8 Å². The van der Waals surface area contributed by atoms with Gasteiger partial charge in [0.1, 0.15) is 5.54 Å². The maximum absolute atomic E-state index is 11.8. The van der Waals surface area contributed by atoms with E-state index in [1.165, 1.54) is 0 Å². The average molecular weight is 246 g/mol. The summed E-state index contributed by atoms with van der Waals surface area (Å²) in [7, 11) is 0. The van der Waals surface area contributed by atoms with E-state index < -0.39 is 11.5 Å². The van der Waals surface area contributed by atoms with Crippen molar-refractivity contribution < 1.29 is 14.7 Å². The highest BCUT2D eigenvalue weighted by Gasteiger charge is 2.38. The van der Waals surface area contributed by atoms with Gasteiger partial charge in [0.05, 0.1) is 6.04 Å². The molecule has 1 aliphatic rings. The van der Waals surface area contributed by atoms with E-state index in [0.717, 1.165) is 5.88 Å². The molecule has 1 heterocycles. The number of aliphatic carboxylic acids is 1. The first kappa shape index (κ1) is 13.3. The van der Waals surface area contributed by atoms with Gasteiger partial charge in [-0.15, -0.1) is 11.8 Å². The molecule has 3 N–H and O–H groups in total. The van der Waals surface area contributed by atoms with Crippen LogP contribution in [0.3, 0.4) is 0 Å². The summed E-state index contributed by atoms with van der Waals surface area (Å²) < 4.78 is 0. The van der Waals surface area contributed by atoms with Crippen LogP contribution in [0.2, 0.25) is 0 Å². The van der Waals surface area contributed by atoms with Crippen molar-refractivity contribution in [2.75, 3.05) is 11.6 Å². The number of hydrogen-bond acceptors (Lipinski definition) is 4. The van der Waals surface area contributed by atoms with Gasteiger partial charge in [-0.2, -0.15) is 0 Å². The minimum atomic E-state index is -1.12. The molecule has 6 heteroatoms. The number of carboxylic acids is 1. The minimum absolute atomic E-state index is 0.212. The fourth-order valence-corrected chi connectivity index (χ4v) is 2.61. The third-order valence-electron chi connectivity index (χ3n) is 3.01. The van der Waals surface area contributed by atoms with Gasteiger partial charge in [0.25, 0.3) is 0 Å². The quantitative estimate of drug-likeness (QED) is 0.655. The van der Waals surface area contributed by atoms with Crippen molar-refractivity contribution in [2.45, 2.75) is 38.3 Å². The van der Waals surface area contributed by atoms with Crippen molar-refractivity contribution in [3.8, 4) is 0 Å². The number of carboxylic acid groups (broad SMARTS) is 1. The number of hydrogen-bond donors (Lipinski definition) is 3. The molecule has 1 rings (SSSR count). The van der Waals surface area contributed by atoms with Crippen LogP contribution < -0.4 is 10.6 Å². The van der Waals surface area contributed by atoms with Crippen LogP contribution in [0.4, 0.5) is 0 Å². The molecule has 0 aromatic heterocycles. The fraction of sp³-hybridized carbons (Fsp3) is 0.800. The van der Waals surface area contributed by atoms with E-state index in [1.807, 2.05) is 0 Å². The SMILES string of the molecule is CCC(CC)(NC(=O)C1CSCN1)C(=O)O. The molecule has 1 saturated heterocycles. The normalized spacial score (nSPS) is 20.8. The highest BCUT2D eigenvalue weighted by molar-refractivity contribution is 7.99. The predicted molar refractivity (Wildman–Crippen MR) is 63.3 cm³/mol. The summed E-state index contributed by atoms with van der Waals surface area (Å²) in [4.78, 5) is 23.0. The maximum atomic E-state index is 11.8. The molecule has 16 heavy (non-hydrogen) atoms. The van der Waals surface area contributed by atoms with Crippen LogP contribution in [-0.4, -0.2) is 40.2 Å². The molecule has 0 aromatic carbocycles. The second-order valence-electron chi connectivity index (χ2n) is 3.86. The molecule has 0 aromatic rings. The van der Waals surface area contributed by atoms with E-state index in [0.29, 0.717) is 18.6 Å². The van der Waals surface area contributed by atoms with E-state index in [1.54, 1.807) is 25.6 Å². The molecule has 1 aliphatic heterocycles. The Bertz CT molecular complexity index is 273. The van der Waals surface area contributed by atoms with Crippen LogP contribution in [0.25, 0.3) is 0 Å². The van der Waals surface area contributed by atoms with Gasteiger partial charge in [0, 0.05) is 11.6 Å². The summed E-state index contributed by atoms with van der Waals surface area (Å²) in [5.74, 6) is 0.276. The third kappa shape index (κ3) is 2.68. The summed E-state index contributed by atoms with van der Waals surface area (Å²) in [5.41, 5.74) is -1.12. The Morgan fingerprint density at radius 2 is 2.12 bits per heavy atom. The monoisotopic (exact) mass is 246 g/mol. The molecule has 5 nitrogen and oxygen atoms in total. The van der Waals surface area contributed by atoms with Crippen LogP contribution in [-0.2, 0) is 9.59 Å². The molecule has 0 radical (unpaired) electrons. The van der Waals surface area contributed by atoms with E-state index >= 15 is 0 Å². The molecule has 0 bridgehead atoms. The highest BCUT2D eigenvalue weighted by Crippen LogP contribution is 2.17. The highest BCUT2D eigenvalue weighted by atomic mass is 32.2. The van der Waals surface area contributed by atoms with Gasteiger partial charge in [0.2, 0.25) is 5.91 Å². The zero-order chi connectivity index (χ0) is 12.2. The van der Waals surface area contributed by atoms with Crippen LogP contribution in [0.5, 0.6) is 0 Å². The molecule has 0 spiro atoms. The zero-order valence-corrected chi connectivity index (χ0v) is 10.4. The smallest absolute Gasteiger partial charge is 0.329 e. The van der Waals surface area contributed by atoms with Gasteiger partial charge in [-0.25, -0.2) is 4.79 Å². The third-order valence-corrected chi connectivity index (χ3v) is 3.95. The number of nitrogens with one attached hydrogen (secondary N) is 2. The number of amides is 1. The number of carbonyl (C=O) groups is 2. The van der Waals surface area contributed by atoms with Gasteiger partial charge in [0.15, 0.2) is 0 Å². The standard InChI is InChI=1S/C10H18N2O3S/c1-3-10(4-2,9(14)15)12-8(13)7-5-16-6-11-7/h7,11H,3-6H2,1-2H3,(H,12,13)(H,14,15). The zero-order valence-electron chi connectivity index (χ0n) is 9.58.